The molecule has 4 aliphatic rings. The molecule has 1 heterocycles. The Bertz CT molecular complexity index is 941. The van der Waals surface area contributed by atoms with Crippen LogP contribution in [0.25, 0.3) is 0 Å². The van der Waals surface area contributed by atoms with Gasteiger partial charge in [0.15, 0.2) is 0 Å². The number of benzene rings is 1. The Morgan fingerprint density at radius 3 is 2.43 bits per heavy atom. The fraction of sp³-hybridized carbons (Fsp3) is 0.526. The number of rotatable bonds is 4. The molecule has 4 fully saturated rings. The topological polar surface area (TPSA) is 98.0 Å². The number of anilines is 1. The molecule has 1 aromatic heterocycles. The van der Waals surface area contributed by atoms with E-state index in [1.807, 2.05) is 0 Å². The third kappa shape index (κ3) is 2.99. The van der Waals surface area contributed by atoms with Crippen LogP contribution in [0.2, 0.25) is 5.02 Å². The van der Waals surface area contributed by atoms with Crippen molar-refractivity contribution in [1.82, 2.24) is 10.2 Å². The highest BCUT2D eigenvalue weighted by Crippen LogP contribution is 2.61. The predicted molar refractivity (Wildman–Crippen MR) is 106 cm³/mol. The van der Waals surface area contributed by atoms with Crippen molar-refractivity contribution in [3.63, 3.8) is 0 Å². The molecule has 1 amide bonds. The Labute approximate surface area is 170 Å². The van der Waals surface area contributed by atoms with Gasteiger partial charge in [-0.25, -0.2) is 0 Å². The summed E-state index contributed by atoms with van der Waals surface area (Å²) in [6, 6.07) is 3.93. The molecule has 28 heavy (non-hydrogen) atoms. The summed E-state index contributed by atoms with van der Waals surface area (Å²) in [6.45, 7) is 0. The zero-order valence-electron chi connectivity index (χ0n) is 15.1. The maximum atomic E-state index is 12.6. The number of nitrogens with one attached hydrogen (secondary N) is 1. The molecular formula is C19H19ClN4O3S. The van der Waals surface area contributed by atoms with E-state index in [2.05, 4.69) is 15.5 Å². The Morgan fingerprint density at radius 1 is 1.18 bits per heavy atom. The van der Waals surface area contributed by atoms with E-state index in [0.717, 1.165) is 22.8 Å². The number of halogens is 1. The van der Waals surface area contributed by atoms with Gasteiger partial charge in [0, 0.05) is 16.5 Å². The number of hydrogen-bond donors (Lipinski definition) is 1. The molecular weight excluding hydrogens is 400 g/mol. The number of nitrogens with zero attached hydrogens (tertiary/aromatic N) is 3. The van der Waals surface area contributed by atoms with Crippen molar-refractivity contribution in [2.45, 2.75) is 43.9 Å². The van der Waals surface area contributed by atoms with E-state index >= 15 is 0 Å². The van der Waals surface area contributed by atoms with Gasteiger partial charge in [-0.2, -0.15) is 0 Å². The summed E-state index contributed by atoms with van der Waals surface area (Å²) in [6.07, 6.45) is 7.55. The van der Waals surface area contributed by atoms with Gasteiger partial charge in [-0.1, -0.05) is 22.9 Å². The fourth-order valence-electron chi connectivity index (χ4n) is 5.87. The molecule has 7 nitrogen and oxygen atoms in total. The van der Waals surface area contributed by atoms with Crippen LogP contribution in [0.3, 0.4) is 0 Å². The number of nitro groups is 1. The van der Waals surface area contributed by atoms with E-state index in [0.29, 0.717) is 5.13 Å². The second kappa shape index (κ2) is 6.49. The van der Waals surface area contributed by atoms with Crippen molar-refractivity contribution in [2.75, 3.05) is 5.32 Å². The summed E-state index contributed by atoms with van der Waals surface area (Å²) in [7, 11) is 0. The zero-order valence-corrected chi connectivity index (χ0v) is 16.6. The lowest BCUT2D eigenvalue weighted by molar-refractivity contribution is -0.385. The monoisotopic (exact) mass is 418 g/mol. The third-order valence-electron chi connectivity index (χ3n) is 6.54. The van der Waals surface area contributed by atoms with Gasteiger partial charge in [0.25, 0.3) is 11.6 Å². The summed E-state index contributed by atoms with van der Waals surface area (Å²) in [4.78, 5) is 23.2. The van der Waals surface area contributed by atoms with Gasteiger partial charge in [0.1, 0.15) is 10.6 Å². The minimum Gasteiger partial charge on any atom is -0.296 e. The number of carbonyl (C=O) groups is 1. The van der Waals surface area contributed by atoms with E-state index in [-0.39, 0.29) is 21.7 Å². The number of carbonyl (C=O) groups excluding carboxylic acids is 1. The summed E-state index contributed by atoms with van der Waals surface area (Å²) in [5, 5.41) is 24.1. The summed E-state index contributed by atoms with van der Waals surface area (Å²) >= 11 is 7.33. The highest BCUT2D eigenvalue weighted by Gasteiger charge is 2.53. The molecule has 2 aromatic rings. The third-order valence-corrected chi connectivity index (χ3v) is 7.86. The van der Waals surface area contributed by atoms with E-state index in [4.69, 9.17) is 11.6 Å². The van der Waals surface area contributed by atoms with Crippen LogP contribution in [-0.2, 0) is 5.41 Å². The maximum Gasteiger partial charge on any atom is 0.282 e. The number of amides is 1. The maximum absolute atomic E-state index is 12.6. The smallest absolute Gasteiger partial charge is 0.282 e. The normalized spacial score (nSPS) is 30.4. The number of nitro benzene ring substituents is 1. The number of hydrogen-bond acceptors (Lipinski definition) is 6. The van der Waals surface area contributed by atoms with Gasteiger partial charge in [-0.3, -0.25) is 20.2 Å². The molecule has 0 spiro atoms. The van der Waals surface area contributed by atoms with Gasteiger partial charge in [0.05, 0.1) is 4.92 Å². The van der Waals surface area contributed by atoms with Crippen molar-refractivity contribution in [3.05, 3.63) is 43.9 Å². The quantitative estimate of drug-likeness (QED) is 0.566. The lowest BCUT2D eigenvalue weighted by atomic mass is 9.50. The lowest BCUT2D eigenvalue weighted by Crippen LogP contribution is -2.48. The van der Waals surface area contributed by atoms with Gasteiger partial charge >= 0.3 is 0 Å². The average Bonchev–Trinajstić information content (AvgIpc) is 3.09. The van der Waals surface area contributed by atoms with Gasteiger partial charge in [-0.15, -0.1) is 10.2 Å². The van der Waals surface area contributed by atoms with Crippen molar-refractivity contribution in [1.29, 1.82) is 0 Å². The second-order valence-corrected chi connectivity index (χ2v) is 9.90. The van der Waals surface area contributed by atoms with Crippen LogP contribution in [0.15, 0.2) is 18.2 Å². The average molecular weight is 419 g/mol. The molecule has 4 bridgehead atoms. The minimum atomic E-state index is -0.595. The van der Waals surface area contributed by atoms with E-state index in [1.165, 1.54) is 68.1 Å². The van der Waals surface area contributed by atoms with Crippen LogP contribution in [0, 0.1) is 27.9 Å². The largest absolute Gasteiger partial charge is 0.296 e. The van der Waals surface area contributed by atoms with Crippen molar-refractivity contribution < 1.29 is 9.72 Å². The van der Waals surface area contributed by atoms with Crippen molar-refractivity contribution in [3.8, 4) is 0 Å². The van der Waals surface area contributed by atoms with E-state index in [1.54, 1.807) is 0 Å². The first-order valence-electron chi connectivity index (χ1n) is 9.51. The van der Waals surface area contributed by atoms with Gasteiger partial charge in [-0.05, 0) is 68.4 Å². The Balaban J connectivity index is 1.39. The summed E-state index contributed by atoms with van der Waals surface area (Å²) in [5.41, 5.74) is -0.256. The van der Waals surface area contributed by atoms with Crippen LogP contribution >= 0.6 is 22.9 Å². The van der Waals surface area contributed by atoms with Crippen molar-refractivity contribution in [2.24, 2.45) is 17.8 Å². The SMILES string of the molecule is O=C(Nc1nnc(C23CC4CC(CC(C4)C2)C3)s1)c1cc(Cl)ccc1[N+](=O)[O-]. The van der Waals surface area contributed by atoms with Gasteiger partial charge < -0.3 is 0 Å². The molecule has 9 heteroatoms. The van der Waals surface area contributed by atoms with E-state index in [9.17, 15) is 14.9 Å². The summed E-state index contributed by atoms with van der Waals surface area (Å²) < 4.78 is 0. The standard InChI is InChI=1S/C19H19ClN4O3S/c20-13-1-2-15(24(26)27)14(6-13)16(25)21-18-23-22-17(28-18)19-7-10-3-11(8-19)5-12(4-10)9-19/h1-2,6,10-12H,3-5,7-9H2,(H,21,23,25). The molecule has 0 radical (unpaired) electrons. The Hall–Kier alpha value is -2.06. The highest BCUT2D eigenvalue weighted by molar-refractivity contribution is 7.15. The summed E-state index contributed by atoms with van der Waals surface area (Å²) in [5.74, 6) is 1.79. The highest BCUT2D eigenvalue weighted by atomic mass is 35.5. The fourth-order valence-corrected chi connectivity index (χ4v) is 7.00. The Kier molecular flexibility index (Phi) is 4.17. The minimum absolute atomic E-state index is 0.0796. The van der Waals surface area contributed by atoms with Crippen LogP contribution in [0.4, 0.5) is 10.8 Å². The molecule has 0 saturated heterocycles. The molecule has 1 N–H and O–H groups in total. The first kappa shape index (κ1) is 18.0. The van der Waals surface area contributed by atoms with Crippen LogP contribution < -0.4 is 5.32 Å². The van der Waals surface area contributed by atoms with Crippen molar-refractivity contribution >= 4 is 39.7 Å². The van der Waals surface area contributed by atoms with Crippen LogP contribution in [-0.4, -0.2) is 21.0 Å². The molecule has 1 aromatic carbocycles. The molecule has 6 rings (SSSR count). The van der Waals surface area contributed by atoms with Crippen LogP contribution in [0.1, 0.15) is 53.9 Å². The Morgan fingerprint density at radius 2 is 1.82 bits per heavy atom. The molecule has 0 unspecified atom stereocenters. The number of aromatic nitrogens is 2. The predicted octanol–water partition coefficient (Wildman–Crippen LogP) is 4.82. The first-order chi connectivity index (χ1) is 13.4. The molecule has 146 valence electrons. The van der Waals surface area contributed by atoms with E-state index < -0.39 is 10.8 Å². The lowest BCUT2D eigenvalue weighted by Gasteiger charge is -2.55. The van der Waals surface area contributed by atoms with Crippen LogP contribution in [0.5, 0.6) is 0 Å². The molecule has 0 atom stereocenters. The van der Waals surface area contributed by atoms with Gasteiger partial charge in [0.2, 0.25) is 5.13 Å². The molecule has 0 aliphatic heterocycles. The first-order valence-corrected chi connectivity index (χ1v) is 10.7. The molecule has 4 saturated carbocycles. The second-order valence-electron chi connectivity index (χ2n) is 8.48. The zero-order chi connectivity index (χ0) is 19.5. The molecule has 4 aliphatic carbocycles.